The fraction of sp³-hybridized carbons (Fsp3) is 0.238. The lowest BCUT2D eigenvalue weighted by Gasteiger charge is -2.13. The molecule has 0 saturated heterocycles. The quantitative estimate of drug-likeness (QED) is 0.451. The number of carboxylic acid groups (broad SMARTS) is 1. The fourth-order valence-corrected chi connectivity index (χ4v) is 3.61. The van der Waals surface area contributed by atoms with Gasteiger partial charge in [0, 0.05) is 12.2 Å². The van der Waals surface area contributed by atoms with E-state index in [0.717, 1.165) is 12.8 Å². The van der Waals surface area contributed by atoms with Crippen LogP contribution in [0.1, 0.15) is 30.1 Å². The molecule has 3 rings (SSSR count). The van der Waals surface area contributed by atoms with Crippen LogP contribution in [0.3, 0.4) is 0 Å². The van der Waals surface area contributed by atoms with Crippen LogP contribution in [0.4, 0.5) is 5.69 Å². The fourth-order valence-electron chi connectivity index (χ4n) is 2.79. The summed E-state index contributed by atoms with van der Waals surface area (Å²) in [5.74, 6) is -1.48. The number of thioether (sulfide) groups is 1. The lowest BCUT2D eigenvalue weighted by molar-refractivity contribution is -0.255. The van der Waals surface area contributed by atoms with Crippen molar-refractivity contribution in [3.05, 3.63) is 64.4 Å². The highest BCUT2D eigenvalue weighted by atomic mass is 32.2. The predicted molar refractivity (Wildman–Crippen MR) is 111 cm³/mol. The number of carbonyl (C=O) groups excluding carboxylic acids is 2. The van der Waals surface area contributed by atoms with Crippen LogP contribution in [0, 0.1) is 0 Å². The summed E-state index contributed by atoms with van der Waals surface area (Å²) in [5.41, 5.74) is 1.02. The molecule has 1 aromatic heterocycles. The van der Waals surface area contributed by atoms with Crippen LogP contribution in [-0.4, -0.2) is 27.2 Å². The van der Waals surface area contributed by atoms with Gasteiger partial charge in [-0.05, 0) is 36.2 Å². The van der Waals surface area contributed by atoms with Crippen molar-refractivity contribution in [2.75, 3.05) is 11.1 Å². The number of fused-ring (bicyclic) bond motifs is 1. The Kier molecular flexibility index (Phi) is 6.66. The Labute approximate surface area is 171 Å². The number of nitrogens with one attached hydrogen (secondary N) is 1. The van der Waals surface area contributed by atoms with Gasteiger partial charge in [0.1, 0.15) is 0 Å². The first kappa shape index (κ1) is 20.6. The number of anilines is 1. The number of carbonyl (C=O) groups is 2. The van der Waals surface area contributed by atoms with Crippen LogP contribution in [-0.2, 0) is 11.3 Å². The number of carboxylic acids is 1. The average molecular weight is 410 g/mol. The van der Waals surface area contributed by atoms with Crippen LogP contribution < -0.4 is 16.0 Å². The molecule has 0 radical (unpaired) electrons. The second kappa shape index (κ2) is 9.38. The molecule has 0 spiro atoms. The highest BCUT2D eigenvalue weighted by molar-refractivity contribution is 7.99. The molecule has 7 nitrogen and oxygen atoms in total. The molecule has 29 heavy (non-hydrogen) atoms. The van der Waals surface area contributed by atoms with Gasteiger partial charge >= 0.3 is 0 Å². The van der Waals surface area contributed by atoms with Crippen LogP contribution in [0.5, 0.6) is 0 Å². The first-order valence-electron chi connectivity index (χ1n) is 9.23. The van der Waals surface area contributed by atoms with Gasteiger partial charge in [-0.3, -0.25) is 14.2 Å². The summed E-state index contributed by atoms with van der Waals surface area (Å²) >= 11 is 1.20. The van der Waals surface area contributed by atoms with Gasteiger partial charge < -0.3 is 15.2 Å². The highest BCUT2D eigenvalue weighted by Gasteiger charge is 2.13. The van der Waals surface area contributed by atoms with Crippen LogP contribution in [0.25, 0.3) is 10.9 Å². The van der Waals surface area contributed by atoms with E-state index in [-0.39, 0.29) is 22.8 Å². The first-order valence-corrected chi connectivity index (χ1v) is 10.2. The molecule has 0 aliphatic rings. The highest BCUT2D eigenvalue weighted by Crippen LogP contribution is 2.19. The number of aromatic nitrogens is 2. The minimum atomic E-state index is -1.27. The van der Waals surface area contributed by atoms with Gasteiger partial charge in [-0.1, -0.05) is 49.4 Å². The van der Waals surface area contributed by atoms with Gasteiger partial charge in [0.15, 0.2) is 5.16 Å². The van der Waals surface area contributed by atoms with Gasteiger partial charge in [0.05, 0.1) is 22.6 Å². The van der Waals surface area contributed by atoms with Gasteiger partial charge in [0.2, 0.25) is 5.91 Å². The number of rotatable bonds is 8. The number of nitrogens with zero attached hydrogens (tertiary/aromatic N) is 2. The SMILES string of the molecule is CCCCn1c(SCC(=O)Nc2ccc(C(=O)[O-])cc2)nc2ccccc2c1=O. The maximum Gasteiger partial charge on any atom is 0.262 e. The standard InChI is InChI=1S/C21H21N3O4S/c1-2-3-12-24-19(26)16-6-4-5-7-17(16)23-21(24)29-13-18(25)22-15-10-8-14(9-11-15)20(27)28/h4-11H,2-3,12-13H2,1H3,(H,22,25)(H,27,28)/p-1. The summed E-state index contributed by atoms with van der Waals surface area (Å²) < 4.78 is 1.62. The zero-order valence-corrected chi connectivity index (χ0v) is 16.7. The Hall–Kier alpha value is -3.13. The van der Waals surface area contributed by atoms with Crippen molar-refractivity contribution in [3.8, 4) is 0 Å². The number of benzene rings is 2. The summed E-state index contributed by atoms with van der Waals surface area (Å²) in [5, 5.41) is 14.6. The molecule has 0 fully saturated rings. The maximum absolute atomic E-state index is 12.8. The minimum absolute atomic E-state index is 0.0395. The Bertz CT molecular complexity index is 1090. The molecule has 0 unspecified atom stereocenters. The zero-order chi connectivity index (χ0) is 20.8. The van der Waals surface area contributed by atoms with Crippen molar-refractivity contribution in [2.24, 2.45) is 0 Å². The molecule has 0 atom stereocenters. The van der Waals surface area contributed by atoms with E-state index in [4.69, 9.17) is 0 Å². The van der Waals surface area contributed by atoms with E-state index in [1.54, 1.807) is 16.7 Å². The maximum atomic E-state index is 12.8. The minimum Gasteiger partial charge on any atom is -0.545 e. The number of para-hydroxylation sites is 1. The third-order valence-corrected chi connectivity index (χ3v) is 5.28. The Balaban J connectivity index is 1.75. The summed E-state index contributed by atoms with van der Waals surface area (Å²) in [6.07, 6.45) is 1.77. The van der Waals surface area contributed by atoms with Crippen LogP contribution in [0.2, 0.25) is 0 Å². The zero-order valence-electron chi connectivity index (χ0n) is 15.9. The Morgan fingerprint density at radius 3 is 2.55 bits per heavy atom. The van der Waals surface area contributed by atoms with Crippen LogP contribution >= 0.6 is 11.8 Å². The molecular formula is C21H20N3O4S-. The molecule has 2 aromatic carbocycles. The number of hydrogen-bond donors (Lipinski definition) is 1. The number of aromatic carboxylic acids is 1. The van der Waals surface area contributed by atoms with Gasteiger partial charge in [-0.15, -0.1) is 0 Å². The first-order chi connectivity index (χ1) is 14.0. The molecule has 8 heteroatoms. The molecule has 150 valence electrons. The topological polar surface area (TPSA) is 104 Å². The Morgan fingerprint density at radius 2 is 1.86 bits per heavy atom. The average Bonchev–Trinajstić information content (AvgIpc) is 2.72. The summed E-state index contributed by atoms with van der Waals surface area (Å²) in [6.45, 7) is 2.59. The monoisotopic (exact) mass is 410 g/mol. The molecule has 1 heterocycles. The number of unbranched alkanes of at least 4 members (excludes halogenated alkanes) is 1. The molecule has 1 amide bonds. The Morgan fingerprint density at radius 1 is 1.14 bits per heavy atom. The smallest absolute Gasteiger partial charge is 0.262 e. The largest absolute Gasteiger partial charge is 0.545 e. The van der Waals surface area contributed by atoms with E-state index in [0.29, 0.717) is 28.3 Å². The van der Waals surface area contributed by atoms with Crippen molar-refractivity contribution in [1.82, 2.24) is 9.55 Å². The molecular weight excluding hydrogens is 390 g/mol. The van der Waals surface area contributed by atoms with E-state index in [1.807, 2.05) is 19.1 Å². The van der Waals surface area contributed by atoms with E-state index >= 15 is 0 Å². The number of amides is 1. The molecule has 0 aliphatic heterocycles. The van der Waals surface area contributed by atoms with Crippen molar-refractivity contribution in [1.29, 1.82) is 0 Å². The summed E-state index contributed by atoms with van der Waals surface area (Å²) in [7, 11) is 0. The van der Waals surface area contributed by atoms with Gasteiger partial charge in [-0.25, -0.2) is 4.98 Å². The van der Waals surface area contributed by atoms with E-state index in [9.17, 15) is 19.5 Å². The number of hydrogen-bond acceptors (Lipinski definition) is 6. The lowest BCUT2D eigenvalue weighted by atomic mass is 10.2. The van der Waals surface area contributed by atoms with E-state index in [1.165, 1.54) is 36.0 Å². The lowest BCUT2D eigenvalue weighted by Crippen LogP contribution is -2.24. The third kappa shape index (κ3) is 5.03. The van der Waals surface area contributed by atoms with Crippen molar-refractivity contribution >= 4 is 40.2 Å². The third-order valence-electron chi connectivity index (χ3n) is 4.30. The van der Waals surface area contributed by atoms with E-state index < -0.39 is 5.97 Å². The molecule has 0 saturated carbocycles. The van der Waals surface area contributed by atoms with Crippen LogP contribution in [0.15, 0.2) is 58.5 Å². The van der Waals surface area contributed by atoms with Crippen molar-refractivity contribution < 1.29 is 14.7 Å². The molecule has 1 N–H and O–H groups in total. The van der Waals surface area contributed by atoms with E-state index in [2.05, 4.69) is 10.3 Å². The predicted octanol–water partition coefficient (Wildman–Crippen LogP) is 2.29. The molecule has 0 aliphatic carbocycles. The second-order valence-corrected chi connectivity index (χ2v) is 7.37. The molecule has 3 aromatic rings. The van der Waals surface area contributed by atoms with Gasteiger partial charge in [-0.2, -0.15) is 0 Å². The normalized spacial score (nSPS) is 10.8. The summed E-state index contributed by atoms with van der Waals surface area (Å²) in [4.78, 5) is 40.5. The van der Waals surface area contributed by atoms with Gasteiger partial charge in [0.25, 0.3) is 5.56 Å². The molecule has 0 bridgehead atoms. The van der Waals surface area contributed by atoms with Crippen molar-refractivity contribution in [2.45, 2.75) is 31.5 Å². The van der Waals surface area contributed by atoms with Crippen molar-refractivity contribution in [3.63, 3.8) is 0 Å². The second-order valence-electron chi connectivity index (χ2n) is 6.42. The summed E-state index contributed by atoms with van der Waals surface area (Å²) in [6, 6.07) is 12.9.